The first-order valence-corrected chi connectivity index (χ1v) is 6.31. The lowest BCUT2D eigenvalue weighted by Gasteiger charge is -2.03. The van der Waals surface area contributed by atoms with Crippen molar-refractivity contribution in [2.45, 2.75) is 33.2 Å². The minimum atomic E-state index is 0.0983. The minimum Gasteiger partial charge on any atom is -0.292 e. The fourth-order valence-electron chi connectivity index (χ4n) is 1.94. The van der Waals surface area contributed by atoms with Crippen molar-refractivity contribution in [2.75, 3.05) is 0 Å². The van der Waals surface area contributed by atoms with Crippen LogP contribution in [-0.2, 0) is 13.0 Å². The normalized spacial score (nSPS) is 10.6. The van der Waals surface area contributed by atoms with E-state index in [1.807, 2.05) is 43.5 Å². The number of carbonyl (C=O) groups excluding carboxylic acids is 1. The van der Waals surface area contributed by atoms with Gasteiger partial charge in [-0.2, -0.15) is 5.10 Å². The molecule has 0 saturated heterocycles. The van der Waals surface area contributed by atoms with Crippen molar-refractivity contribution in [1.82, 2.24) is 9.78 Å². The molecule has 0 saturated carbocycles. The number of aromatic nitrogens is 2. The first-order chi connectivity index (χ1) is 8.69. The molecule has 0 amide bonds. The van der Waals surface area contributed by atoms with Gasteiger partial charge in [-0.3, -0.25) is 9.48 Å². The number of hydrogen-bond acceptors (Lipinski definition) is 2. The van der Waals surface area contributed by atoms with Crippen LogP contribution in [0.25, 0.3) is 0 Å². The third-order valence-electron chi connectivity index (χ3n) is 2.89. The zero-order valence-electron chi connectivity index (χ0n) is 10.9. The molecule has 1 aromatic heterocycles. The zero-order valence-corrected chi connectivity index (χ0v) is 10.9. The number of ketones is 1. The van der Waals surface area contributed by atoms with E-state index < -0.39 is 0 Å². The molecule has 0 aliphatic heterocycles. The molecule has 3 nitrogen and oxygen atoms in total. The van der Waals surface area contributed by atoms with Gasteiger partial charge in [0.15, 0.2) is 5.78 Å². The average Bonchev–Trinajstić information content (AvgIpc) is 2.76. The second-order valence-electron chi connectivity index (χ2n) is 4.52. The Labute approximate surface area is 107 Å². The molecule has 0 unspecified atom stereocenters. The predicted octanol–water partition coefficient (Wildman–Crippen LogP) is 3.03. The van der Waals surface area contributed by atoms with E-state index in [1.165, 1.54) is 5.56 Å². The lowest BCUT2D eigenvalue weighted by atomic mass is 10.1. The van der Waals surface area contributed by atoms with Gasteiger partial charge in [0.1, 0.15) is 6.54 Å². The zero-order chi connectivity index (χ0) is 13.0. The molecule has 94 valence electrons. The van der Waals surface area contributed by atoms with Crippen LogP contribution in [0.3, 0.4) is 0 Å². The monoisotopic (exact) mass is 242 g/mol. The van der Waals surface area contributed by atoms with Crippen molar-refractivity contribution >= 4 is 5.78 Å². The van der Waals surface area contributed by atoms with Gasteiger partial charge in [-0.15, -0.1) is 0 Å². The van der Waals surface area contributed by atoms with Gasteiger partial charge < -0.3 is 0 Å². The molecule has 0 atom stereocenters. The molecular formula is C15H18N2O. The fourth-order valence-corrected chi connectivity index (χ4v) is 1.94. The van der Waals surface area contributed by atoms with E-state index >= 15 is 0 Å². The van der Waals surface area contributed by atoms with Crippen LogP contribution in [0.4, 0.5) is 0 Å². The summed E-state index contributed by atoms with van der Waals surface area (Å²) < 4.78 is 1.68. The molecule has 1 aromatic carbocycles. The van der Waals surface area contributed by atoms with E-state index in [-0.39, 0.29) is 5.78 Å². The second kappa shape index (κ2) is 5.63. The minimum absolute atomic E-state index is 0.0983. The molecule has 0 fully saturated rings. The van der Waals surface area contributed by atoms with Crippen LogP contribution in [0.2, 0.25) is 0 Å². The van der Waals surface area contributed by atoms with E-state index in [4.69, 9.17) is 0 Å². The first-order valence-electron chi connectivity index (χ1n) is 6.31. The molecule has 0 N–H and O–H groups in total. The van der Waals surface area contributed by atoms with E-state index in [9.17, 15) is 4.79 Å². The molecule has 0 aliphatic carbocycles. The van der Waals surface area contributed by atoms with Crippen molar-refractivity contribution in [3.63, 3.8) is 0 Å². The number of Topliss-reactive ketones (excluding diaryl/α,β-unsaturated/α-hetero) is 1. The highest BCUT2D eigenvalue weighted by molar-refractivity contribution is 5.95. The lowest BCUT2D eigenvalue weighted by Crippen LogP contribution is -2.11. The summed E-state index contributed by atoms with van der Waals surface area (Å²) in [5.41, 5.74) is 2.97. The maximum atomic E-state index is 12.0. The Hall–Kier alpha value is -1.90. The lowest BCUT2D eigenvalue weighted by molar-refractivity contribution is 0.0967. The number of aryl methyl sites for hydroxylation is 2. The Morgan fingerprint density at radius 1 is 1.22 bits per heavy atom. The Balaban J connectivity index is 2.04. The molecule has 3 heteroatoms. The quantitative estimate of drug-likeness (QED) is 0.755. The third-order valence-corrected chi connectivity index (χ3v) is 2.89. The summed E-state index contributed by atoms with van der Waals surface area (Å²) in [5.74, 6) is 0.0983. The summed E-state index contributed by atoms with van der Waals surface area (Å²) in [6, 6.07) is 9.78. The van der Waals surface area contributed by atoms with E-state index in [2.05, 4.69) is 12.0 Å². The third kappa shape index (κ3) is 3.06. The topological polar surface area (TPSA) is 34.9 Å². The van der Waals surface area contributed by atoms with Gasteiger partial charge in [0, 0.05) is 11.8 Å². The van der Waals surface area contributed by atoms with E-state index in [0.717, 1.165) is 24.1 Å². The van der Waals surface area contributed by atoms with Crippen molar-refractivity contribution < 1.29 is 4.79 Å². The number of nitrogens with zero attached hydrogens (tertiary/aromatic N) is 2. The Morgan fingerprint density at radius 3 is 2.50 bits per heavy atom. The highest BCUT2D eigenvalue weighted by Gasteiger charge is 2.07. The van der Waals surface area contributed by atoms with Crippen LogP contribution < -0.4 is 0 Å². The van der Waals surface area contributed by atoms with Gasteiger partial charge >= 0.3 is 0 Å². The molecule has 2 rings (SSSR count). The average molecular weight is 242 g/mol. The molecule has 2 aromatic rings. The van der Waals surface area contributed by atoms with Crippen molar-refractivity contribution in [2.24, 2.45) is 0 Å². The van der Waals surface area contributed by atoms with Crippen molar-refractivity contribution in [3.05, 3.63) is 53.3 Å². The second-order valence-corrected chi connectivity index (χ2v) is 4.52. The number of benzene rings is 1. The number of carbonyl (C=O) groups is 1. The summed E-state index contributed by atoms with van der Waals surface area (Å²) in [7, 11) is 0. The van der Waals surface area contributed by atoms with Crippen LogP contribution in [0, 0.1) is 6.92 Å². The summed E-state index contributed by atoms with van der Waals surface area (Å²) in [6.45, 7) is 4.38. The summed E-state index contributed by atoms with van der Waals surface area (Å²) in [5, 5.41) is 4.22. The molecular weight excluding hydrogens is 224 g/mol. The Morgan fingerprint density at radius 2 is 1.94 bits per heavy atom. The van der Waals surface area contributed by atoms with Gasteiger partial charge in [0.05, 0.1) is 5.69 Å². The highest BCUT2D eigenvalue weighted by Crippen LogP contribution is 2.08. The Kier molecular flexibility index (Phi) is 3.92. The first kappa shape index (κ1) is 12.6. The summed E-state index contributed by atoms with van der Waals surface area (Å²) in [4.78, 5) is 12.0. The van der Waals surface area contributed by atoms with Crippen molar-refractivity contribution in [3.8, 4) is 0 Å². The Bertz CT molecular complexity index is 526. The summed E-state index contributed by atoms with van der Waals surface area (Å²) in [6.07, 6.45) is 4.02. The van der Waals surface area contributed by atoms with E-state index in [0.29, 0.717) is 6.54 Å². The van der Waals surface area contributed by atoms with Crippen LogP contribution >= 0.6 is 0 Å². The predicted molar refractivity (Wildman–Crippen MR) is 71.7 cm³/mol. The molecule has 1 heterocycles. The van der Waals surface area contributed by atoms with Crippen LogP contribution in [0.1, 0.15) is 35.0 Å². The maximum Gasteiger partial charge on any atom is 0.184 e. The highest BCUT2D eigenvalue weighted by atomic mass is 16.1. The maximum absolute atomic E-state index is 12.0. The van der Waals surface area contributed by atoms with Crippen LogP contribution in [0.15, 0.2) is 36.5 Å². The van der Waals surface area contributed by atoms with Gasteiger partial charge in [-0.1, -0.05) is 37.6 Å². The van der Waals surface area contributed by atoms with Gasteiger partial charge in [-0.05, 0) is 25.0 Å². The van der Waals surface area contributed by atoms with Crippen LogP contribution in [0.5, 0.6) is 0 Å². The molecule has 18 heavy (non-hydrogen) atoms. The molecule has 0 spiro atoms. The van der Waals surface area contributed by atoms with Gasteiger partial charge in [0.25, 0.3) is 0 Å². The molecule has 0 aliphatic rings. The van der Waals surface area contributed by atoms with Crippen molar-refractivity contribution in [1.29, 1.82) is 0 Å². The smallest absolute Gasteiger partial charge is 0.184 e. The van der Waals surface area contributed by atoms with E-state index in [1.54, 1.807) is 4.68 Å². The number of hydrogen-bond donors (Lipinski definition) is 0. The SMILES string of the molecule is CCCc1ccc(C(=O)Cn2ccc(C)n2)cc1. The van der Waals surface area contributed by atoms with Gasteiger partial charge in [0.2, 0.25) is 0 Å². The summed E-state index contributed by atoms with van der Waals surface area (Å²) >= 11 is 0. The molecule has 0 bridgehead atoms. The number of rotatable bonds is 5. The molecule has 0 radical (unpaired) electrons. The largest absolute Gasteiger partial charge is 0.292 e. The van der Waals surface area contributed by atoms with Crippen LogP contribution in [-0.4, -0.2) is 15.6 Å². The standard InChI is InChI=1S/C15H18N2O/c1-3-4-13-5-7-14(8-6-13)15(18)11-17-10-9-12(2)16-17/h5-10H,3-4,11H2,1-2H3. The fraction of sp³-hybridized carbons (Fsp3) is 0.333. The van der Waals surface area contributed by atoms with Gasteiger partial charge in [-0.25, -0.2) is 0 Å².